The topological polar surface area (TPSA) is 44.4 Å². The fourth-order valence-corrected chi connectivity index (χ4v) is 6.76. The number of amides is 2. The Bertz CT molecular complexity index is 1060. The van der Waals surface area contributed by atoms with Crippen LogP contribution in [0.3, 0.4) is 0 Å². The summed E-state index contributed by atoms with van der Waals surface area (Å²) in [6, 6.07) is 32.3. The quantitative estimate of drug-likeness (QED) is 0.416. The lowest BCUT2D eigenvalue weighted by atomic mass is 9.68. The molecule has 1 aliphatic carbocycles. The third-order valence-electron chi connectivity index (χ3n) is 8.54. The molecule has 0 bridgehead atoms. The Balaban J connectivity index is 1.40. The zero-order chi connectivity index (χ0) is 24.8. The second-order valence-corrected chi connectivity index (χ2v) is 10.8. The van der Waals surface area contributed by atoms with Gasteiger partial charge in [0.2, 0.25) is 0 Å². The van der Waals surface area contributed by atoms with Crippen LogP contribution in [0.15, 0.2) is 91.0 Å². The van der Waals surface area contributed by atoms with Crippen molar-refractivity contribution in [3.8, 4) is 0 Å². The van der Waals surface area contributed by atoms with E-state index in [1.165, 1.54) is 43.4 Å². The van der Waals surface area contributed by atoms with Gasteiger partial charge in [0.15, 0.2) is 0 Å². The van der Waals surface area contributed by atoms with Gasteiger partial charge in [-0.15, -0.1) is 0 Å². The van der Waals surface area contributed by atoms with Crippen molar-refractivity contribution < 1.29 is 4.79 Å². The number of piperidine rings is 1. The number of rotatable bonds is 8. The van der Waals surface area contributed by atoms with E-state index < -0.39 is 0 Å². The van der Waals surface area contributed by atoms with Crippen LogP contribution in [-0.4, -0.2) is 37.1 Å². The van der Waals surface area contributed by atoms with Crippen LogP contribution >= 0.6 is 0 Å². The smallest absolute Gasteiger partial charge is 0.315 e. The molecule has 0 spiro atoms. The third kappa shape index (κ3) is 5.49. The van der Waals surface area contributed by atoms with Gasteiger partial charge in [0.05, 0.1) is 0 Å². The minimum absolute atomic E-state index is 0.116. The fraction of sp³-hybridized carbons (Fsp3) is 0.406. The van der Waals surface area contributed by atoms with E-state index in [-0.39, 0.29) is 11.4 Å². The Morgan fingerprint density at radius 1 is 0.861 bits per heavy atom. The van der Waals surface area contributed by atoms with Crippen LogP contribution in [0.2, 0.25) is 0 Å². The van der Waals surface area contributed by atoms with Gasteiger partial charge >= 0.3 is 6.03 Å². The normalized spacial score (nSPS) is 22.1. The van der Waals surface area contributed by atoms with E-state index in [2.05, 4.69) is 83.2 Å². The molecule has 3 aromatic rings. The van der Waals surface area contributed by atoms with Crippen LogP contribution in [0, 0.1) is 11.8 Å². The third-order valence-corrected chi connectivity index (χ3v) is 8.54. The van der Waals surface area contributed by atoms with Gasteiger partial charge in [-0.3, -0.25) is 0 Å². The molecule has 0 radical (unpaired) electrons. The van der Waals surface area contributed by atoms with E-state index in [4.69, 9.17) is 0 Å². The first kappa shape index (κ1) is 24.6. The lowest BCUT2D eigenvalue weighted by Gasteiger charge is -2.38. The Morgan fingerprint density at radius 3 is 2.08 bits per heavy atom. The largest absolute Gasteiger partial charge is 0.337 e. The maximum atomic E-state index is 13.0. The van der Waals surface area contributed by atoms with Gasteiger partial charge in [0.1, 0.15) is 0 Å². The van der Waals surface area contributed by atoms with Gasteiger partial charge in [-0.25, -0.2) is 4.79 Å². The van der Waals surface area contributed by atoms with Crippen molar-refractivity contribution >= 4 is 6.03 Å². The number of hydrogen-bond acceptors (Lipinski definition) is 2. The van der Waals surface area contributed by atoms with E-state index in [1.54, 1.807) is 0 Å². The van der Waals surface area contributed by atoms with Gasteiger partial charge in [0, 0.05) is 24.5 Å². The molecule has 36 heavy (non-hydrogen) atoms. The van der Waals surface area contributed by atoms with Crippen molar-refractivity contribution in [3.63, 3.8) is 0 Å². The lowest BCUT2D eigenvalue weighted by molar-refractivity contribution is 0.144. The summed E-state index contributed by atoms with van der Waals surface area (Å²) in [7, 11) is 2.31. The van der Waals surface area contributed by atoms with Crippen LogP contribution < -0.4 is 10.6 Å². The summed E-state index contributed by atoms with van der Waals surface area (Å²) < 4.78 is 0. The number of carbonyl (C=O) groups is 1. The highest BCUT2D eigenvalue weighted by atomic mass is 16.2. The van der Waals surface area contributed by atoms with E-state index >= 15 is 0 Å². The first-order valence-electron chi connectivity index (χ1n) is 13.5. The standard InChI is InChI=1S/C32H39N3O/c1-35-19-11-14-27-20-26(21-30(27)35)22-32(28-15-7-3-8-16-28,29-17-9-4-10-18-29)24-34-31(36)33-23-25-12-5-2-6-13-25/h2-10,12-13,15-18,26-27,30H,11,14,19-24H2,1H3,(H2,33,34,36)/t26-,27?,30+/m1/s1. The number of benzene rings is 3. The maximum absolute atomic E-state index is 13.0. The predicted molar refractivity (Wildman–Crippen MR) is 147 cm³/mol. The Kier molecular flexibility index (Phi) is 7.72. The highest BCUT2D eigenvalue weighted by Gasteiger charge is 2.44. The summed E-state index contributed by atoms with van der Waals surface area (Å²) >= 11 is 0. The Morgan fingerprint density at radius 2 is 1.47 bits per heavy atom. The summed E-state index contributed by atoms with van der Waals surface area (Å²) in [5.74, 6) is 1.44. The molecule has 3 atom stereocenters. The van der Waals surface area contributed by atoms with Crippen LogP contribution in [-0.2, 0) is 12.0 Å². The molecule has 2 N–H and O–H groups in total. The molecule has 4 heteroatoms. The van der Waals surface area contributed by atoms with Crippen molar-refractivity contribution in [1.82, 2.24) is 15.5 Å². The minimum atomic E-state index is -0.274. The molecule has 1 saturated carbocycles. The second-order valence-electron chi connectivity index (χ2n) is 10.8. The minimum Gasteiger partial charge on any atom is -0.337 e. The summed E-state index contributed by atoms with van der Waals surface area (Å²) in [6.45, 7) is 2.32. The van der Waals surface area contributed by atoms with Gasteiger partial charge in [-0.05, 0) is 74.2 Å². The maximum Gasteiger partial charge on any atom is 0.315 e. The number of urea groups is 1. The molecule has 3 aromatic carbocycles. The molecule has 1 heterocycles. The average molecular weight is 482 g/mol. The summed E-state index contributed by atoms with van der Waals surface area (Å²) in [5.41, 5.74) is 3.39. The zero-order valence-corrected chi connectivity index (χ0v) is 21.4. The number of likely N-dealkylation sites (tertiary alicyclic amines) is 1. The van der Waals surface area contributed by atoms with Crippen molar-refractivity contribution in [2.75, 3.05) is 20.1 Å². The van der Waals surface area contributed by atoms with Gasteiger partial charge in [-0.1, -0.05) is 91.0 Å². The van der Waals surface area contributed by atoms with Gasteiger partial charge in [0.25, 0.3) is 0 Å². The van der Waals surface area contributed by atoms with Crippen molar-refractivity contribution in [2.45, 2.75) is 50.1 Å². The van der Waals surface area contributed by atoms with E-state index in [0.717, 1.165) is 17.9 Å². The molecule has 1 aliphatic heterocycles. The molecule has 0 aromatic heterocycles. The van der Waals surface area contributed by atoms with Crippen LogP contribution in [0.4, 0.5) is 4.79 Å². The molecule has 5 rings (SSSR count). The molecule has 1 saturated heterocycles. The molecule has 2 aliphatic rings. The molecule has 2 amide bonds. The molecular weight excluding hydrogens is 442 g/mol. The first-order valence-corrected chi connectivity index (χ1v) is 13.5. The van der Waals surface area contributed by atoms with E-state index in [0.29, 0.717) is 25.0 Å². The molecule has 1 unspecified atom stereocenters. The SMILES string of the molecule is CN1CCCC2C[C@@H](CC(CNC(=O)NCc3ccccc3)(c3ccccc3)c3ccccc3)C[C@@H]21. The van der Waals surface area contributed by atoms with Gasteiger partial charge < -0.3 is 15.5 Å². The first-order chi connectivity index (χ1) is 17.6. The molecule has 2 fully saturated rings. The summed E-state index contributed by atoms with van der Waals surface area (Å²) in [4.78, 5) is 15.6. The highest BCUT2D eigenvalue weighted by molar-refractivity contribution is 5.74. The average Bonchev–Trinajstić information content (AvgIpc) is 3.35. The van der Waals surface area contributed by atoms with Crippen LogP contribution in [0.25, 0.3) is 0 Å². The highest BCUT2D eigenvalue weighted by Crippen LogP contribution is 2.47. The fourth-order valence-electron chi connectivity index (χ4n) is 6.76. The number of nitrogens with one attached hydrogen (secondary N) is 2. The van der Waals surface area contributed by atoms with E-state index in [9.17, 15) is 4.79 Å². The molecular formula is C32H39N3O. The summed E-state index contributed by atoms with van der Waals surface area (Å²) in [6.07, 6.45) is 6.26. The number of carbonyl (C=O) groups excluding carboxylic acids is 1. The summed E-state index contributed by atoms with van der Waals surface area (Å²) in [5, 5.41) is 6.33. The zero-order valence-electron chi connectivity index (χ0n) is 21.4. The molecule has 4 nitrogen and oxygen atoms in total. The number of nitrogens with zero attached hydrogens (tertiary/aromatic N) is 1. The van der Waals surface area contributed by atoms with E-state index in [1.807, 2.05) is 30.3 Å². The Hall–Kier alpha value is -3.11. The Labute approximate surface area is 216 Å². The van der Waals surface area contributed by atoms with Crippen molar-refractivity contribution in [2.24, 2.45) is 11.8 Å². The van der Waals surface area contributed by atoms with Gasteiger partial charge in [-0.2, -0.15) is 0 Å². The second kappa shape index (κ2) is 11.3. The molecule has 188 valence electrons. The van der Waals surface area contributed by atoms with Crippen LogP contribution in [0.5, 0.6) is 0 Å². The monoisotopic (exact) mass is 481 g/mol. The van der Waals surface area contributed by atoms with Crippen molar-refractivity contribution in [3.05, 3.63) is 108 Å². The number of fused-ring (bicyclic) bond motifs is 1. The lowest BCUT2D eigenvalue weighted by Crippen LogP contribution is -2.46. The van der Waals surface area contributed by atoms with Crippen molar-refractivity contribution in [1.29, 1.82) is 0 Å². The van der Waals surface area contributed by atoms with Crippen LogP contribution in [0.1, 0.15) is 48.8 Å². The predicted octanol–water partition coefficient (Wildman–Crippen LogP) is 5.98. The number of hydrogen-bond donors (Lipinski definition) is 2.